The lowest BCUT2D eigenvalue weighted by Crippen LogP contribution is -2.30. The Kier molecular flexibility index (Phi) is 7.23. The Morgan fingerprint density at radius 3 is 2.69 bits per heavy atom. The number of oxazole rings is 1. The van der Waals surface area contributed by atoms with Gasteiger partial charge < -0.3 is 14.1 Å². The minimum atomic E-state index is 0.697. The van der Waals surface area contributed by atoms with Gasteiger partial charge in [-0.3, -0.25) is 4.90 Å². The third-order valence-corrected chi connectivity index (χ3v) is 6.32. The van der Waals surface area contributed by atoms with Crippen molar-refractivity contribution in [2.75, 3.05) is 32.8 Å². The van der Waals surface area contributed by atoms with Crippen molar-refractivity contribution >= 4 is 0 Å². The van der Waals surface area contributed by atoms with Crippen LogP contribution in [0.3, 0.4) is 0 Å². The Morgan fingerprint density at radius 1 is 1.07 bits per heavy atom. The molecule has 1 unspecified atom stereocenters. The van der Waals surface area contributed by atoms with E-state index in [9.17, 15) is 0 Å². The van der Waals surface area contributed by atoms with Gasteiger partial charge >= 0.3 is 0 Å². The van der Waals surface area contributed by atoms with Crippen LogP contribution in [-0.4, -0.2) is 53.6 Å². The number of hydrogen-bond acceptors (Lipinski definition) is 5. The molecule has 5 heteroatoms. The number of aromatic nitrogens is 1. The third kappa shape index (κ3) is 5.61. The molecule has 4 rings (SSSR count). The highest BCUT2D eigenvalue weighted by Gasteiger charge is 2.21. The molecule has 2 aliphatic rings. The van der Waals surface area contributed by atoms with E-state index in [4.69, 9.17) is 9.15 Å². The second-order valence-corrected chi connectivity index (χ2v) is 8.45. The largest absolute Gasteiger partial charge is 0.494 e. The van der Waals surface area contributed by atoms with Crippen molar-refractivity contribution in [2.45, 2.75) is 64.5 Å². The molecule has 2 aromatic rings. The molecule has 1 aromatic heterocycles. The monoisotopic (exact) mass is 397 g/mol. The van der Waals surface area contributed by atoms with Crippen molar-refractivity contribution in [1.29, 1.82) is 0 Å². The molecule has 0 saturated carbocycles. The molecule has 0 N–H and O–H groups in total. The quantitative estimate of drug-likeness (QED) is 0.559. The van der Waals surface area contributed by atoms with Crippen molar-refractivity contribution in [3.05, 3.63) is 36.2 Å². The SMILES string of the molecule is CCC1CCCN1CCCOc1ccc(-c2nc(CN3CCCCC3)co2)cc1. The van der Waals surface area contributed by atoms with Crippen molar-refractivity contribution in [2.24, 2.45) is 0 Å². The maximum absolute atomic E-state index is 5.95. The van der Waals surface area contributed by atoms with E-state index in [0.717, 1.165) is 49.2 Å². The van der Waals surface area contributed by atoms with Gasteiger partial charge in [0.2, 0.25) is 5.89 Å². The predicted molar refractivity (Wildman–Crippen MR) is 116 cm³/mol. The van der Waals surface area contributed by atoms with Crippen LogP contribution in [0.5, 0.6) is 5.75 Å². The summed E-state index contributed by atoms with van der Waals surface area (Å²) in [6.07, 6.45) is 10.8. The molecule has 3 heterocycles. The second kappa shape index (κ2) is 10.3. The molecule has 0 radical (unpaired) electrons. The topological polar surface area (TPSA) is 41.7 Å². The van der Waals surface area contributed by atoms with E-state index in [2.05, 4.69) is 21.7 Å². The van der Waals surface area contributed by atoms with Gasteiger partial charge in [-0.1, -0.05) is 13.3 Å². The van der Waals surface area contributed by atoms with Crippen LogP contribution in [0.1, 0.15) is 57.6 Å². The normalized spacial score (nSPS) is 20.9. The Labute approximate surface area is 175 Å². The van der Waals surface area contributed by atoms with Gasteiger partial charge in [0.1, 0.15) is 12.0 Å². The molecule has 2 fully saturated rings. The first-order chi connectivity index (χ1) is 14.3. The number of hydrogen-bond donors (Lipinski definition) is 0. The Hall–Kier alpha value is -1.85. The zero-order valence-corrected chi connectivity index (χ0v) is 17.8. The lowest BCUT2D eigenvalue weighted by atomic mass is 10.1. The molecule has 5 nitrogen and oxygen atoms in total. The highest BCUT2D eigenvalue weighted by molar-refractivity contribution is 5.54. The van der Waals surface area contributed by atoms with Crippen molar-refractivity contribution in [1.82, 2.24) is 14.8 Å². The molecular formula is C24H35N3O2. The summed E-state index contributed by atoms with van der Waals surface area (Å²) in [5.74, 6) is 1.62. The molecule has 0 aliphatic carbocycles. The molecular weight excluding hydrogens is 362 g/mol. The molecule has 2 saturated heterocycles. The number of ether oxygens (including phenoxy) is 1. The van der Waals surface area contributed by atoms with Crippen LogP contribution >= 0.6 is 0 Å². The first-order valence-electron chi connectivity index (χ1n) is 11.5. The molecule has 158 valence electrons. The van der Waals surface area contributed by atoms with E-state index in [1.807, 2.05) is 24.3 Å². The van der Waals surface area contributed by atoms with E-state index in [0.29, 0.717) is 5.89 Å². The van der Waals surface area contributed by atoms with Crippen molar-refractivity contribution < 1.29 is 9.15 Å². The van der Waals surface area contributed by atoms with Gasteiger partial charge in [-0.2, -0.15) is 0 Å². The molecule has 1 aromatic carbocycles. The summed E-state index contributed by atoms with van der Waals surface area (Å²) in [6, 6.07) is 8.91. The van der Waals surface area contributed by atoms with E-state index >= 15 is 0 Å². The standard InChI is InChI=1S/C24H35N3O2/c1-2-22-8-6-15-27(22)16-7-17-28-23-11-9-20(10-12-23)24-25-21(19-29-24)18-26-13-4-3-5-14-26/h9-12,19,22H,2-8,13-18H2,1H3. The summed E-state index contributed by atoms with van der Waals surface area (Å²) >= 11 is 0. The van der Waals surface area contributed by atoms with E-state index in [1.54, 1.807) is 6.26 Å². The summed E-state index contributed by atoms with van der Waals surface area (Å²) in [6.45, 7) is 8.70. The second-order valence-electron chi connectivity index (χ2n) is 8.45. The molecule has 1 atom stereocenters. The Morgan fingerprint density at radius 2 is 1.90 bits per heavy atom. The van der Waals surface area contributed by atoms with Gasteiger partial charge in [0.15, 0.2) is 0 Å². The number of rotatable bonds is 9. The van der Waals surface area contributed by atoms with Gasteiger partial charge in [0, 0.05) is 24.7 Å². The molecule has 0 spiro atoms. The van der Waals surface area contributed by atoms with Crippen molar-refractivity contribution in [3.63, 3.8) is 0 Å². The predicted octanol–water partition coefficient (Wildman–Crippen LogP) is 4.97. The first kappa shape index (κ1) is 20.4. The van der Waals surface area contributed by atoms with Crippen LogP contribution in [-0.2, 0) is 6.54 Å². The maximum atomic E-state index is 5.95. The van der Waals surface area contributed by atoms with Gasteiger partial charge in [-0.15, -0.1) is 0 Å². The van der Waals surface area contributed by atoms with Crippen LogP contribution in [0.2, 0.25) is 0 Å². The lowest BCUT2D eigenvalue weighted by Gasteiger charge is -2.25. The minimum Gasteiger partial charge on any atom is -0.494 e. The number of nitrogens with zero attached hydrogens (tertiary/aromatic N) is 3. The van der Waals surface area contributed by atoms with Crippen molar-refractivity contribution in [3.8, 4) is 17.2 Å². The summed E-state index contributed by atoms with van der Waals surface area (Å²) < 4.78 is 11.7. The Balaban J connectivity index is 1.22. The molecule has 2 aliphatic heterocycles. The number of benzene rings is 1. The fourth-order valence-corrected chi connectivity index (χ4v) is 4.66. The first-order valence-corrected chi connectivity index (χ1v) is 11.5. The molecule has 0 amide bonds. The van der Waals surface area contributed by atoms with Gasteiger partial charge in [0.05, 0.1) is 12.3 Å². The average molecular weight is 398 g/mol. The van der Waals surface area contributed by atoms with Gasteiger partial charge in [-0.25, -0.2) is 4.98 Å². The van der Waals surface area contributed by atoms with Gasteiger partial charge in [0.25, 0.3) is 0 Å². The summed E-state index contributed by atoms with van der Waals surface area (Å²) in [4.78, 5) is 9.77. The van der Waals surface area contributed by atoms with Crippen LogP contribution in [0.4, 0.5) is 0 Å². The zero-order valence-electron chi connectivity index (χ0n) is 17.8. The minimum absolute atomic E-state index is 0.697. The van der Waals surface area contributed by atoms with E-state index in [-0.39, 0.29) is 0 Å². The number of piperidine rings is 1. The average Bonchev–Trinajstić information content (AvgIpc) is 3.42. The maximum Gasteiger partial charge on any atom is 0.226 e. The van der Waals surface area contributed by atoms with Crippen LogP contribution in [0.15, 0.2) is 34.9 Å². The third-order valence-electron chi connectivity index (χ3n) is 6.32. The van der Waals surface area contributed by atoms with Crippen LogP contribution in [0, 0.1) is 0 Å². The zero-order chi connectivity index (χ0) is 19.9. The van der Waals surface area contributed by atoms with E-state index in [1.165, 1.54) is 58.2 Å². The Bertz CT molecular complexity index is 737. The fourth-order valence-electron chi connectivity index (χ4n) is 4.66. The summed E-state index contributed by atoms with van der Waals surface area (Å²) in [7, 11) is 0. The lowest BCUT2D eigenvalue weighted by molar-refractivity contribution is 0.217. The summed E-state index contributed by atoms with van der Waals surface area (Å²) in [5.41, 5.74) is 2.03. The number of likely N-dealkylation sites (tertiary alicyclic amines) is 2. The molecule has 29 heavy (non-hydrogen) atoms. The van der Waals surface area contributed by atoms with Crippen LogP contribution in [0.25, 0.3) is 11.5 Å². The fraction of sp³-hybridized carbons (Fsp3) is 0.625. The smallest absolute Gasteiger partial charge is 0.226 e. The summed E-state index contributed by atoms with van der Waals surface area (Å²) in [5, 5.41) is 0. The molecule has 0 bridgehead atoms. The van der Waals surface area contributed by atoms with Crippen LogP contribution < -0.4 is 4.74 Å². The van der Waals surface area contributed by atoms with E-state index < -0.39 is 0 Å². The van der Waals surface area contributed by atoms with Gasteiger partial charge in [-0.05, 0) is 82.4 Å². The highest BCUT2D eigenvalue weighted by atomic mass is 16.5. The highest BCUT2D eigenvalue weighted by Crippen LogP contribution is 2.23.